The number of amides is 1. The Balaban J connectivity index is 1.76. The van der Waals surface area contributed by atoms with E-state index in [-0.39, 0.29) is 32.1 Å². The molecule has 2 fully saturated rings. The quantitative estimate of drug-likeness (QED) is 0.635. The highest BCUT2D eigenvalue weighted by molar-refractivity contribution is 9.10. The number of carbonyl (C=O) groups is 2. The fourth-order valence-corrected chi connectivity index (χ4v) is 3.17. The summed E-state index contributed by atoms with van der Waals surface area (Å²) >= 11 is 3.22. The summed E-state index contributed by atoms with van der Waals surface area (Å²) in [6, 6.07) is 4.42. The van der Waals surface area contributed by atoms with Crippen molar-refractivity contribution in [1.82, 2.24) is 9.88 Å². The first kappa shape index (κ1) is 15.5. The summed E-state index contributed by atoms with van der Waals surface area (Å²) < 4.78 is 19.5. The lowest BCUT2D eigenvalue weighted by molar-refractivity contribution is -0.161. The number of carbonyl (C=O) groups excluding carboxylic acids is 2. The van der Waals surface area contributed by atoms with Crippen molar-refractivity contribution in [3.8, 4) is 0 Å². The first-order valence-corrected chi connectivity index (χ1v) is 7.72. The van der Waals surface area contributed by atoms with Gasteiger partial charge >= 0.3 is 0 Å². The van der Waals surface area contributed by atoms with E-state index in [9.17, 15) is 14.0 Å². The molecule has 6 nitrogen and oxygen atoms in total. The van der Waals surface area contributed by atoms with Crippen LogP contribution in [0.25, 0.3) is 0 Å². The van der Waals surface area contributed by atoms with Crippen molar-refractivity contribution >= 4 is 33.9 Å². The maximum Gasteiger partial charge on any atom is 0.243 e. The molecule has 0 aliphatic carbocycles. The van der Waals surface area contributed by atoms with Gasteiger partial charge in [-0.1, -0.05) is 6.07 Å². The molecule has 1 N–H and O–H groups in total. The number of aromatic nitrogens is 1. The molecule has 0 aromatic carbocycles. The van der Waals surface area contributed by atoms with Gasteiger partial charge in [0, 0.05) is 13.0 Å². The SMILES string of the molecule is O=CC1(N2C[C@H](F)C[C@H]2C(=O)Nc2cccc(Br)n2)COC1. The number of aldehydes is 1. The van der Waals surface area contributed by atoms with Crippen LogP contribution in [0.3, 0.4) is 0 Å². The van der Waals surface area contributed by atoms with Crippen LogP contribution in [0, 0.1) is 0 Å². The van der Waals surface area contributed by atoms with Crippen LogP contribution in [-0.2, 0) is 14.3 Å². The topological polar surface area (TPSA) is 71.5 Å². The molecule has 118 valence electrons. The highest BCUT2D eigenvalue weighted by Gasteiger charge is 2.52. The molecule has 0 spiro atoms. The van der Waals surface area contributed by atoms with Crippen LogP contribution in [-0.4, -0.2) is 59.6 Å². The van der Waals surface area contributed by atoms with Crippen molar-refractivity contribution in [2.24, 2.45) is 0 Å². The number of likely N-dealkylation sites (tertiary alicyclic amines) is 1. The van der Waals surface area contributed by atoms with Gasteiger partial charge < -0.3 is 14.8 Å². The molecular formula is C14H15BrFN3O3. The molecule has 2 atom stereocenters. The van der Waals surface area contributed by atoms with Crippen LogP contribution >= 0.6 is 15.9 Å². The number of hydrogen-bond acceptors (Lipinski definition) is 5. The van der Waals surface area contributed by atoms with E-state index in [2.05, 4.69) is 26.2 Å². The van der Waals surface area contributed by atoms with Gasteiger partial charge in [0.1, 0.15) is 28.4 Å². The predicted octanol–water partition coefficient (Wildman–Crippen LogP) is 1.16. The highest BCUT2D eigenvalue weighted by atomic mass is 79.9. The Hall–Kier alpha value is -1.38. The number of halogens is 2. The molecule has 2 aliphatic rings. The lowest BCUT2D eigenvalue weighted by Crippen LogP contribution is -2.66. The maximum atomic E-state index is 13.8. The monoisotopic (exact) mass is 371 g/mol. The molecule has 22 heavy (non-hydrogen) atoms. The molecule has 0 bridgehead atoms. The Bertz CT molecular complexity index is 596. The minimum atomic E-state index is -1.14. The number of nitrogens with one attached hydrogen (secondary N) is 1. The first-order chi connectivity index (χ1) is 10.5. The van der Waals surface area contributed by atoms with Gasteiger partial charge in [-0.15, -0.1) is 0 Å². The summed E-state index contributed by atoms with van der Waals surface area (Å²) in [5.74, 6) is 0.0190. The van der Waals surface area contributed by atoms with Crippen molar-refractivity contribution in [3.05, 3.63) is 22.8 Å². The van der Waals surface area contributed by atoms with E-state index in [1.165, 1.54) is 0 Å². The molecule has 0 saturated carbocycles. The van der Waals surface area contributed by atoms with Crippen molar-refractivity contribution in [2.45, 2.75) is 24.2 Å². The van der Waals surface area contributed by atoms with Gasteiger partial charge in [-0.3, -0.25) is 9.69 Å². The highest BCUT2D eigenvalue weighted by Crippen LogP contribution is 2.33. The van der Waals surface area contributed by atoms with E-state index in [0.29, 0.717) is 10.4 Å². The molecule has 1 amide bonds. The molecular weight excluding hydrogens is 357 g/mol. The van der Waals surface area contributed by atoms with Gasteiger partial charge in [0.05, 0.1) is 19.3 Å². The molecule has 8 heteroatoms. The van der Waals surface area contributed by atoms with Crippen LogP contribution in [0.15, 0.2) is 22.8 Å². The maximum absolute atomic E-state index is 13.8. The Morgan fingerprint density at radius 2 is 2.32 bits per heavy atom. The summed E-state index contributed by atoms with van der Waals surface area (Å²) in [7, 11) is 0. The fraction of sp³-hybridized carbons (Fsp3) is 0.500. The third-order valence-corrected chi connectivity index (χ3v) is 4.46. The van der Waals surface area contributed by atoms with Gasteiger partial charge in [-0.05, 0) is 28.1 Å². The van der Waals surface area contributed by atoms with Crippen molar-refractivity contribution in [3.63, 3.8) is 0 Å². The summed E-state index contributed by atoms with van der Waals surface area (Å²) in [6.45, 7) is 0.455. The van der Waals surface area contributed by atoms with E-state index >= 15 is 0 Å². The summed E-state index contributed by atoms with van der Waals surface area (Å²) in [6.07, 6.45) is -0.314. The standard InChI is InChI=1S/C14H15BrFN3O3/c15-11-2-1-3-12(17-11)18-13(21)10-4-9(16)5-19(10)14(6-20)7-22-8-14/h1-3,6,9-10H,4-5,7-8H2,(H,17,18,21)/t9-,10+/m1/s1. The second-order valence-corrected chi connectivity index (χ2v) is 6.36. The average Bonchev–Trinajstić information content (AvgIpc) is 2.81. The summed E-state index contributed by atoms with van der Waals surface area (Å²) in [4.78, 5) is 29.6. The second-order valence-electron chi connectivity index (χ2n) is 5.55. The zero-order chi connectivity index (χ0) is 15.7. The van der Waals surface area contributed by atoms with Crippen molar-refractivity contribution in [1.29, 1.82) is 0 Å². The molecule has 0 unspecified atom stereocenters. The van der Waals surface area contributed by atoms with Gasteiger partial charge in [0.15, 0.2) is 0 Å². The van der Waals surface area contributed by atoms with Crippen LogP contribution in [0.4, 0.5) is 10.2 Å². The second kappa shape index (κ2) is 6.02. The first-order valence-electron chi connectivity index (χ1n) is 6.92. The van der Waals surface area contributed by atoms with E-state index in [1.807, 2.05) is 0 Å². The van der Waals surface area contributed by atoms with Gasteiger partial charge in [0.2, 0.25) is 5.91 Å². The minimum absolute atomic E-state index is 0.0616. The zero-order valence-electron chi connectivity index (χ0n) is 11.7. The molecule has 3 heterocycles. The van der Waals surface area contributed by atoms with Gasteiger partial charge in [-0.25, -0.2) is 9.37 Å². The Morgan fingerprint density at radius 3 is 2.91 bits per heavy atom. The molecule has 2 saturated heterocycles. The minimum Gasteiger partial charge on any atom is -0.376 e. The van der Waals surface area contributed by atoms with Crippen LogP contribution in [0.2, 0.25) is 0 Å². The van der Waals surface area contributed by atoms with E-state index < -0.39 is 17.8 Å². The summed E-state index contributed by atoms with van der Waals surface area (Å²) in [5.41, 5.74) is -0.881. The van der Waals surface area contributed by atoms with Crippen LogP contribution < -0.4 is 5.32 Å². The van der Waals surface area contributed by atoms with Gasteiger partial charge in [0.25, 0.3) is 0 Å². The molecule has 1 aromatic rings. The smallest absolute Gasteiger partial charge is 0.243 e. The lowest BCUT2D eigenvalue weighted by Gasteiger charge is -2.45. The number of pyridine rings is 1. The number of hydrogen-bond donors (Lipinski definition) is 1. The van der Waals surface area contributed by atoms with Crippen molar-refractivity contribution in [2.75, 3.05) is 25.1 Å². The normalized spacial score (nSPS) is 27.2. The lowest BCUT2D eigenvalue weighted by atomic mass is 9.95. The molecule has 0 radical (unpaired) electrons. The third kappa shape index (κ3) is 2.78. The molecule has 2 aliphatic heterocycles. The Morgan fingerprint density at radius 1 is 1.55 bits per heavy atom. The van der Waals surface area contributed by atoms with Crippen molar-refractivity contribution < 1.29 is 18.7 Å². The van der Waals surface area contributed by atoms with Gasteiger partial charge in [-0.2, -0.15) is 0 Å². The zero-order valence-corrected chi connectivity index (χ0v) is 13.3. The number of nitrogens with zero attached hydrogens (tertiary/aromatic N) is 2. The number of alkyl halides is 1. The summed E-state index contributed by atoms with van der Waals surface area (Å²) in [5, 5.41) is 2.67. The van der Waals surface area contributed by atoms with E-state index in [0.717, 1.165) is 6.29 Å². The number of ether oxygens (including phenoxy) is 1. The third-order valence-electron chi connectivity index (χ3n) is 4.01. The van der Waals surface area contributed by atoms with Crippen LogP contribution in [0.5, 0.6) is 0 Å². The molecule has 3 rings (SSSR count). The average molecular weight is 372 g/mol. The predicted molar refractivity (Wildman–Crippen MR) is 80.2 cm³/mol. The fourth-order valence-electron chi connectivity index (χ4n) is 2.83. The number of rotatable bonds is 4. The van der Waals surface area contributed by atoms with E-state index in [1.54, 1.807) is 23.1 Å². The number of anilines is 1. The van der Waals surface area contributed by atoms with E-state index in [4.69, 9.17) is 4.74 Å². The van der Waals surface area contributed by atoms with Crippen LogP contribution in [0.1, 0.15) is 6.42 Å². The molecule has 1 aromatic heterocycles. The largest absolute Gasteiger partial charge is 0.376 e. The Labute approximate surface area is 135 Å². The Kier molecular flexibility index (Phi) is 4.24.